The Morgan fingerprint density at radius 2 is 0.965 bits per heavy atom. The van der Waals surface area contributed by atoms with Crippen LogP contribution in [0.25, 0.3) is 53.2 Å². The number of aryl methyl sites for hydroxylation is 6. The van der Waals surface area contributed by atoms with Crippen LogP contribution in [0.2, 0.25) is 0 Å². The minimum absolute atomic E-state index is 0.0888. The molecule has 0 spiro atoms. The van der Waals surface area contributed by atoms with Gasteiger partial charge in [0.2, 0.25) is 0 Å². The normalized spacial score (nSPS) is 12.1. The molecule has 0 unspecified atom stereocenters. The lowest BCUT2D eigenvalue weighted by Crippen LogP contribution is -2.15. The second-order valence-electron chi connectivity index (χ2n) is 15.9. The first-order valence-electron chi connectivity index (χ1n) is 20.2. The van der Waals surface area contributed by atoms with Crippen molar-refractivity contribution in [1.29, 1.82) is 0 Å². The molecule has 1 heteroatoms. The summed E-state index contributed by atoms with van der Waals surface area (Å²) < 4.78 is 2.79. The molecule has 0 bridgehead atoms. The minimum atomic E-state index is 0.0888. The average Bonchev–Trinajstić information content (AvgIpc) is 3.70. The molecule has 1 heterocycles. The number of benzene rings is 8. The number of thiophene rings is 1. The Balaban J connectivity index is 0.000000123. The van der Waals surface area contributed by atoms with Gasteiger partial charge in [-0.15, -0.1) is 11.3 Å². The first-order valence-corrected chi connectivity index (χ1v) is 21.1. The number of hydrogen-bond acceptors (Lipinski definition) is 1. The maximum atomic E-state index is 2.40. The van der Waals surface area contributed by atoms with Gasteiger partial charge in [-0.2, -0.15) is 0 Å². The van der Waals surface area contributed by atoms with E-state index in [1.54, 1.807) is 0 Å². The van der Waals surface area contributed by atoms with E-state index < -0.39 is 0 Å². The Hall–Kier alpha value is -5.76. The molecule has 0 saturated heterocycles. The summed E-state index contributed by atoms with van der Waals surface area (Å²) >= 11 is 1.88. The Kier molecular flexibility index (Phi) is 11.9. The first-order chi connectivity index (χ1) is 27.6. The van der Waals surface area contributed by atoms with E-state index in [0.29, 0.717) is 0 Å². The van der Waals surface area contributed by atoms with Gasteiger partial charge in [0.05, 0.1) is 0 Å². The highest BCUT2D eigenvalue weighted by Crippen LogP contribution is 2.52. The number of rotatable bonds is 2. The van der Waals surface area contributed by atoms with Crippen molar-refractivity contribution >= 4 is 42.3 Å². The van der Waals surface area contributed by atoms with Crippen LogP contribution < -0.4 is 0 Å². The Labute approximate surface area is 344 Å². The van der Waals surface area contributed by atoms with E-state index >= 15 is 0 Å². The predicted octanol–water partition coefficient (Wildman–Crippen LogP) is 16.3. The van der Waals surface area contributed by atoms with Crippen molar-refractivity contribution in [2.45, 2.75) is 67.2 Å². The number of fused-ring (bicyclic) bond motifs is 8. The van der Waals surface area contributed by atoms with E-state index in [-0.39, 0.29) is 5.41 Å². The fraction of sp³-hybridized carbons (Fsp3) is 0.179. The van der Waals surface area contributed by atoms with Gasteiger partial charge >= 0.3 is 0 Å². The summed E-state index contributed by atoms with van der Waals surface area (Å²) in [5.74, 6) is 0. The molecule has 9 aromatic rings. The average molecular weight is 759 g/mol. The molecule has 1 aromatic heterocycles. The van der Waals surface area contributed by atoms with E-state index in [1.165, 1.54) is 97.7 Å². The second kappa shape index (κ2) is 17.2. The van der Waals surface area contributed by atoms with Gasteiger partial charge in [0.1, 0.15) is 0 Å². The van der Waals surface area contributed by atoms with Crippen LogP contribution in [-0.2, 0) is 11.8 Å². The smallest absolute Gasteiger partial charge is 0.0355 e. The maximum Gasteiger partial charge on any atom is 0.0355 e. The minimum Gasteiger partial charge on any atom is -0.135 e. The molecular formula is C56H54S. The highest BCUT2D eigenvalue weighted by atomic mass is 32.1. The molecule has 0 radical (unpaired) electrons. The molecule has 8 aromatic carbocycles. The third-order valence-electron chi connectivity index (χ3n) is 11.4. The molecule has 1 aliphatic carbocycles. The van der Waals surface area contributed by atoms with Crippen molar-refractivity contribution in [1.82, 2.24) is 0 Å². The quantitative estimate of drug-likeness (QED) is 0.165. The molecule has 284 valence electrons. The van der Waals surface area contributed by atoms with Gasteiger partial charge in [-0.05, 0) is 126 Å². The molecule has 0 fully saturated rings. The van der Waals surface area contributed by atoms with Gasteiger partial charge in [0, 0.05) is 25.6 Å². The van der Waals surface area contributed by atoms with Crippen LogP contribution in [0.15, 0.2) is 170 Å². The largest absolute Gasteiger partial charge is 0.135 e. The summed E-state index contributed by atoms with van der Waals surface area (Å²) in [6, 6.07) is 60.8. The van der Waals surface area contributed by atoms with E-state index in [1.807, 2.05) is 29.5 Å². The van der Waals surface area contributed by atoms with Crippen LogP contribution in [0.5, 0.6) is 0 Å². The highest BCUT2D eigenvalue weighted by Gasteiger charge is 2.36. The summed E-state index contributed by atoms with van der Waals surface area (Å²) in [5, 5.41) is 5.58. The standard InChI is InChI=1S/C21H20.C14H12S.C14H14.C7H8/c1-13-9-10-17-18(11-13)21(3,4)19-12-14(2)15-7-5-6-8-16(15)20(17)19;1-2-10-7-8-14-12(9-10)11-5-3-4-6-13(11)15-14;1-11-7-3-5-9-13(11)14-10-6-4-8-12(14)2;1-7-5-3-2-4-6-7/h5-12H,1-4H3;3-9H,2H2,1H3;3-10H,1-2H3;2-6H,1H3. The lowest BCUT2D eigenvalue weighted by Gasteiger charge is -2.22. The summed E-state index contributed by atoms with van der Waals surface area (Å²) in [6.45, 7) is 17.7. The van der Waals surface area contributed by atoms with Crippen LogP contribution in [0.3, 0.4) is 0 Å². The van der Waals surface area contributed by atoms with Crippen LogP contribution in [0.4, 0.5) is 0 Å². The molecule has 0 aliphatic heterocycles. The second-order valence-corrected chi connectivity index (χ2v) is 17.0. The van der Waals surface area contributed by atoms with Gasteiger partial charge in [0.15, 0.2) is 0 Å². The van der Waals surface area contributed by atoms with E-state index in [0.717, 1.165) is 6.42 Å². The van der Waals surface area contributed by atoms with Crippen molar-refractivity contribution in [3.05, 3.63) is 214 Å². The summed E-state index contributed by atoms with van der Waals surface area (Å²) in [7, 11) is 0. The molecule has 57 heavy (non-hydrogen) atoms. The zero-order valence-electron chi connectivity index (χ0n) is 34.8. The lowest BCUT2D eigenvalue weighted by atomic mass is 9.81. The molecule has 1 aliphatic rings. The summed E-state index contributed by atoms with van der Waals surface area (Å²) in [4.78, 5) is 0. The Morgan fingerprint density at radius 3 is 1.58 bits per heavy atom. The van der Waals surface area contributed by atoms with Crippen molar-refractivity contribution in [3.8, 4) is 22.3 Å². The van der Waals surface area contributed by atoms with Crippen LogP contribution in [0.1, 0.15) is 65.3 Å². The van der Waals surface area contributed by atoms with Gasteiger partial charge in [-0.25, -0.2) is 0 Å². The van der Waals surface area contributed by atoms with Gasteiger partial charge in [-0.1, -0.05) is 184 Å². The van der Waals surface area contributed by atoms with Crippen molar-refractivity contribution in [3.63, 3.8) is 0 Å². The highest BCUT2D eigenvalue weighted by molar-refractivity contribution is 7.25. The van der Waals surface area contributed by atoms with Gasteiger partial charge in [-0.3, -0.25) is 0 Å². The molecule has 0 nitrogen and oxygen atoms in total. The Bertz CT molecular complexity index is 2750. The fourth-order valence-corrected chi connectivity index (χ4v) is 9.24. The SMILES string of the molecule is CCc1ccc2sc3ccccc3c2c1.Cc1ccc2c(c1)C(C)(C)c1cc(C)c3ccccc3c1-2.Cc1ccccc1.Cc1ccccc1-c1ccccc1C. The first kappa shape index (κ1) is 39.5. The van der Waals surface area contributed by atoms with Crippen molar-refractivity contribution in [2.24, 2.45) is 0 Å². The van der Waals surface area contributed by atoms with Crippen LogP contribution in [-0.4, -0.2) is 0 Å². The van der Waals surface area contributed by atoms with E-state index in [9.17, 15) is 0 Å². The molecule has 10 rings (SSSR count). The fourth-order valence-electron chi connectivity index (χ4n) is 8.16. The zero-order chi connectivity index (χ0) is 40.1. The summed E-state index contributed by atoms with van der Waals surface area (Å²) in [6.07, 6.45) is 1.11. The topological polar surface area (TPSA) is 0 Å². The van der Waals surface area contributed by atoms with E-state index in [4.69, 9.17) is 0 Å². The third-order valence-corrected chi connectivity index (χ3v) is 12.6. The third kappa shape index (κ3) is 8.36. The maximum absolute atomic E-state index is 2.40. The molecule has 0 atom stereocenters. The molecule has 0 N–H and O–H groups in total. The molecule has 0 amide bonds. The van der Waals surface area contributed by atoms with Crippen molar-refractivity contribution < 1.29 is 0 Å². The summed E-state index contributed by atoms with van der Waals surface area (Å²) in [5.41, 5.74) is 16.7. The van der Waals surface area contributed by atoms with Crippen LogP contribution >= 0.6 is 11.3 Å². The van der Waals surface area contributed by atoms with Crippen LogP contribution in [0, 0.1) is 34.6 Å². The van der Waals surface area contributed by atoms with Crippen molar-refractivity contribution in [2.75, 3.05) is 0 Å². The number of hydrogen-bond donors (Lipinski definition) is 0. The van der Waals surface area contributed by atoms with Gasteiger partial charge < -0.3 is 0 Å². The lowest BCUT2D eigenvalue weighted by molar-refractivity contribution is 0.659. The molecular weight excluding hydrogens is 705 g/mol. The monoisotopic (exact) mass is 758 g/mol. The van der Waals surface area contributed by atoms with Gasteiger partial charge in [0.25, 0.3) is 0 Å². The Morgan fingerprint density at radius 1 is 0.404 bits per heavy atom. The zero-order valence-corrected chi connectivity index (χ0v) is 35.6. The molecule has 0 saturated carbocycles. The predicted molar refractivity (Wildman–Crippen MR) is 252 cm³/mol. The van der Waals surface area contributed by atoms with E-state index in [2.05, 4.69) is 207 Å².